The van der Waals surface area contributed by atoms with Crippen LogP contribution in [-0.2, 0) is 29.1 Å². The van der Waals surface area contributed by atoms with Crippen LogP contribution in [0, 0.1) is 0 Å². The molecule has 212 valence electrons. The number of halogens is 1. The van der Waals surface area contributed by atoms with Crippen LogP contribution in [0.25, 0.3) is 0 Å². The minimum absolute atomic E-state index is 0.189. The molecule has 0 unspecified atom stereocenters. The largest absolute Gasteiger partial charge is 0.497 e. The Balaban J connectivity index is 1.63. The van der Waals surface area contributed by atoms with Crippen molar-refractivity contribution >= 4 is 23.4 Å². The summed E-state index contributed by atoms with van der Waals surface area (Å²) in [5, 5.41) is 3.42. The van der Waals surface area contributed by atoms with Crippen molar-refractivity contribution in [3.05, 3.63) is 125 Å². The van der Waals surface area contributed by atoms with Crippen molar-refractivity contribution in [2.24, 2.45) is 0 Å². The number of ether oxygens (including phenoxy) is 3. The van der Waals surface area contributed by atoms with Gasteiger partial charge in [0.05, 0.1) is 19.2 Å². The van der Waals surface area contributed by atoms with E-state index in [9.17, 15) is 9.59 Å². The van der Waals surface area contributed by atoms with Crippen LogP contribution in [0.3, 0.4) is 0 Å². The topological polar surface area (TPSA) is 77.1 Å². The normalized spacial score (nSPS) is 11.3. The third-order valence-corrected chi connectivity index (χ3v) is 6.93. The SMILES string of the molecule is COc1ccc(CN(C(=O)COc2ccccc2Cl)[C@@H](Cc2ccccc2)C(=O)NCc2ccccc2OC)cc1. The minimum atomic E-state index is -0.823. The van der Waals surface area contributed by atoms with Crippen LogP contribution in [-0.4, -0.2) is 43.6 Å². The van der Waals surface area contributed by atoms with Crippen LogP contribution in [0.4, 0.5) is 0 Å². The average Bonchev–Trinajstić information content (AvgIpc) is 3.02. The highest BCUT2D eigenvalue weighted by atomic mass is 35.5. The van der Waals surface area contributed by atoms with Crippen molar-refractivity contribution in [2.75, 3.05) is 20.8 Å². The molecule has 0 heterocycles. The van der Waals surface area contributed by atoms with E-state index in [0.717, 1.165) is 16.7 Å². The first kappa shape index (κ1) is 29.5. The van der Waals surface area contributed by atoms with Gasteiger partial charge in [0.15, 0.2) is 6.61 Å². The Bertz CT molecular complexity index is 1430. The molecule has 0 bridgehead atoms. The first-order valence-electron chi connectivity index (χ1n) is 13.2. The first-order chi connectivity index (χ1) is 20.0. The molecule has 8 heteroatoms. The van der Waals surface area contributed by atoms with E-state index in [1.807, 2.05) is 78.9 Å². The molecule has 4 aromatic rings. The maximum absolute atomic E-state index is 13.9. The Morgan fingerprint density at radius 1 is 0.780 bits per heavy atom. The van der Waals surface area contributed by atoms with Crippen molar-refractivity contribution < 1.29 is 23.8 Å². The third-order valence-electron chi connectivity index (χ3n) is 6.62. The van der Waals surface area contributed by atoms with Crippen LogP contribution in [0.2, 0.25) is 5.02 Å². The zero-order valence-electron chi connectivity index (χ0n) is 23.1. The van der Waals surface area contributed by atoms with E-state index < -0.39 is 6.04 Å². The van der Waals surface area contributed by atoms with Gasteiger partial charge in [-0.3, -0.25) is 9.59 Å². The van der Waals surface area contributed by atoms with Crippen LogP contribution in [0.15, 0.2) is 103 Å². The second-order valence-electron chi connectivity index (χ2n) is 9.32. The Kier molecular flexibility index (Phi) is 10.6. The highest BCUT2D eigenvalue weighted by molar-refractivity contribution is 6.32. The molecule has 4 rings (SSSR count). The number of nitrogens with one attached hydrogen (secondary N) is 1. The van der Waals surface area contributed by atoms with Gasteiger partial charge in [0.25, 0.3) is 5.91 Å². The molecule has 7 nitrogen and oxygen atoms in total. The van der Waals surface area contributed by atoms with Gasteiger partial charge in [-0.1, -0.05) is 84.4 Å². The van der Waals surface area contributed by atoms with E-state index in [0.29, 0.717) is 28.7 Å². The first-order valence-corrected chi connectivity index (χ1v) is 13.6. The molecule has 0 spiro atoms. The summed E-state index contributed by atoms with van der Waals surface area (Å²) in [7, 11) is 3.19. The lowest BCUT2D eigenvalue weighted by molar-refractivity contribution is -0.142. The lowest BCUT2D eigenvalue weighted by Crippen LogP contribution is -2.51. The summed E-state index contributed by atoms with van der Waals surface area (Å²) >= 11 is 6.25. The van der Waals surface area contributed by atoms with E-state index in [4.69, 9.17) is 25.8 Å². The molecule has 0 aliphatic carbocycles. The van der Waals surface area contributed by atoms with Crippen LogP contribution < -0.4 is 19.5 Å². The smallest absolute Gasteiger partial charge is 0.261 e. The summed E-state index contributed by atoms with van der Waals surface area (Å²) in [5.74, 6) is 1.12. The van der Waals surface area contributed by atoms with Gasteiger partial charge in [-0.15, -0.1) is 0 Å². The van der Waals surface area contributed by atoms with Crippen LogP contribution in [0.1, 0.15) is 16.7 Å². The quantitative estimate of drug-likeness (QED) is 0.223. The summed E-state index contributed by atoms with van der Waals surface area (Å²) in [6.45, 7) is 0.147. The van der Waals surface area contributed by atoms with Crippen molar-refractivity contribution in [1.29, 1.82) is 0 Å². The van der Waals surface area contributed by atoms with Crippen LogP contribution >= 0.6 is 11.6 Å². The zero-order valence-corrected chi connectivity index (χ0v) is 23.8. The Hall–Kier alpha value is -4.49. The highest BCUT2D eigenvalue weighted by Crippen LogP contribution is 2.24. The summed E-state index contributed by atoms with van der Waals surface area (Å²) in [4.78, 5) is 29.2. The number of rotatable bonds is 13. The molecule has 2 amide bonds. The molecular formula is C33H33ClN2O5. The maximum atomic E-state index is 13.9. The lowest BCUT2D eigenvalue weighted by atomic mass is 10.0. The fraction of sp³-hybridized carbons (Fsp3) is 0.212. The molecule has 1 atom stereocenters. The van der Waals surface area contributed by atoms with E-state index >= 15 is 0 Å². The van der Waals surface area contributed by atoms with E-state index in [2.05, 4.69) is 5.32 Å². The summed E-state index contributed by atoms with van der Waals surface area (Å²) in [6.07, 6.45) is 0.312. The molecule has 1 N–H and O–H groups in total. The minimum Gasteiger partial charge on any atom is -0.497 e. The Labute approximate surface area is 245 Å². The van der Waals surface area contributed by atoms with Crippen LogP contribution in [0.5, 0.6) is 17.2 Å². The fourth-order valence-electron chi connectivity index (χ4n) is 4.41. The number of carbonyl (C=O) groups is 2. The van der Waals surface area contributed by atoms with Gasteiger partial charge >= 0.3 is 0 Å². The fourth-order valence-corrected chi connectivity index (χ4v) is 4.61. The van der Waals surface area contributed by atoms with Gasteiger partial charge in [-0.25, -0.2) is 0 Å². The molecule has 0 radical (unpaired) electrons. The predicted octanol–water partition coefficient (Wildman–Crippen LogP) is 5.69. The third kappa shape index (κ3) is 8.25. The number of hydrogen-bond donors (Lipinski definition) is 1. The number of nitrogens with zero attached hydrogens (tertiary/aromatic N) is 1. The van der Waals surface area contributed by atoms with Crippen molar-refractivity contribution in [3.8, 4) is 17.2 Å². The van der Waals surface area contributed by atoms with Gasteiger partial charge in [-0.05, 0) is 41.5 Å². The molecule has 0 fully saturated rings. The number of amides is 2. The highest BCUT2D eigenvalue weighted by Gasteiger charge is 2.31. The number of benzene rings is 4. The second kappa shape index (κ2) is 14.8. The van der Waals surface area contributed by atoms with E-state index in [1.54, 1.807) is 43.4 Å². The van der Waals surface area contributed by atoms with Crippen molar-refractivity contribution in [1.82, 2.24) is 10.2 Å². The van der Waals surface area contributed by atoms with Crippen molar-refractivity contribution in [3.63, 3.8) is 0 Å². The number of para-hydroxylation sites is 2. The van der Waals surface area contributed by atoms with E-state index in [-0.39, 0.29) is 31.5 Å². The van der Waals surface area contributed by atoms with Gasteiger partial charge in [0.2, 0.25) is 5.91 Å². The molecular weight excluding hydrogens is 540 g/mol. The lowest BCUT2D eigenvalue weighted by Gasteiger charge is -2.31. The van der Waals surface area contributed by atoms with Gasteiger partial charge in [-0.2, -0.15) is 0 Å². The molecule has 4 aromatic carbocycles. The van der Waals surface area contributed by atoms with Gasteiger partial charge in [0.1, 0.15) is 23.3 Å². The Morgan fingerprint density at radius 2 is 1.44 bits per heavy atom. The molecule has 0 aliphatic rings. The average molecular weight is 573 g/mol. The van der Waals surface area contributed by atoms with Gasteiger partial charge in [0, 0.05) is 25.1 Å². The van der Waals surface area contributed by atoms with Crippen molar-refractivity contribution in [2.45, 2.75) is 25.6 Å². The molecule has 0 aromatic heterocycles. The second-order valence-corrected chi connectivity index (χ2v) is 9.73. The number of methoxy groups -OCH3 is 2. The summed E-state index contributed by atoms with van der Waals surface area (Å²) in [6, 6.07) is 30.7. The Morgan fingerprint density at radius 3 is 2.12 bits per heavy atom. The zero-order chi connectivity index (χ0) is 29.0. The molecule has 0 saturated heterocycles. The summed E-state index contributed by atoms with van der Waals surface area (Å²) in [5.41, 5.74) is 2.59. The molecule has 0 aliphatic heterocycles. The maximum Gasteiger partial charge on any atom is 0.261 e. The van der Waals surface area contributed by atoms with E-state index in [1.165, 1.54) is 0 Å². The molecule has 0 saturated carbocycles. The number of hydrogen-bond acceptors (Lipinski definition) is 5. The standard InChI is InChI=1S/C33H33ClN2O5/c1-39-27-18-16-25(17-19-27)22-36(32(37)23-41-31-15-9-7-13-28(31)34)29(20-24-10-4-3-5-11-24)33(38)35-21-26-12-6-8-14-30(26)40-2/h3-19,29H,20-23H2,1-2H3,(H,35,38)/t29-/m0/s1. The van der Waals surface area contributed by atoms with Gasteiger partial charge < -0.3 is 24.4 Å². The number of carbonyl (C=O) groups excluding carboxylic acids is 2. The summed E-state index contributed by atoms with van der Waals surface area (Å²) < 4.78 is 16.5. The predicted molar refractivity (Wildman–Crippen MR) is 159 cm³/mol. The molecule has 41 heavy (non-hydrogen) atoms. The monoisotopic (exact) mass is 572 g/mol.